The predicted molar refractivity (Wildman–Crippen MR) is 71.7 cm³/mol. The molecule has 4 heteroatoms. The van der Waals surface area contributed by atoms with Crippen LogP contribution in [0.1, 0.15) is 5.56 Å². The normalized spacial score (nSPS) is 8.71. The second kappa shape index (κ2) is 7.78. The quantitative estimate of drug-likeness (QED) is 0.750. The van der Waals surface area contributed by atoms with E-state index in [4.69, 9.17) is 3.32 Å². The molecule has 0 spiro atoms. The molecule has 17 heavy (non-hydrogen) atoms. The van der Waals surface area contributed by atoms with Crippen LogP contribution >= 0.6 is 24.8 Å². The molecule has 0 saturated carbocycles. The Morgan fingerprint density at radius 1 is 0.882 bits per heavy atom. The van der Waals surface area contributed by atoms with Gasteiger partial charge in [0.25, 0.3) is 0 Å². The summed E-state index contributed by atoms with van der Waals surface area (Å²) in [4.78, 5) is 0. The molecule has 0 amide bonds. The first-order valence-electron chi connectivity index (χ1n) is 4.80. The maximum absolute atomic E-state index is 5.21. The van der Waals surface area contributed by atoms with Crippen molar-refractivity contribution < 1.29 is 24.1 Å². The van der Waals surface area contributed by atoms with E-state index in [0.717, 1.165) is 5.75 Å². The van der Waals surface area contributed by atoms with E-state index in [0.29, 0.717) is 0 Å². The number of benzene rings is 2. The van der Waals surface area contributed by atoms with Crippen molar-refractivity contribution in [3.05, 3.63) is 54.1 Å². The Balaban J connectivity index is 0.00000128. The van der Waals surface area contributed by atoms with Gasteiger partial charge in [-0.2, -0.15) is 0 Å². The number of aryl methyl sites for hydroxylation is 1. The summed E-state index contributed by atoms with van der Waals surface area (Å²) in [5.74, 6) is 0.897. The zero-order valence-electron chi connectivity index (χ0n) is 9.34. The van der Waals surface area contributed by atoms with Gasteiger partial charge in [-0.25, -0.2) is 0 Å². The van der Waals surface area contributed by atoms with Crippen molar-refractivity contribution in [1.29, 1.82) is 0 Å². The van der Waals surface area contributed by atoms with E-state index in [1.54, 1.807) is 20.8 Å². The Morgan fingerprint density at radius 2 is 1.47 bits per heavy atom. The summed E-state index contributed by atoms with van der Waals surface area (Å²) >= 11 is 1.69. The van der Waals surface area contributed by atoms with Gasteiger partial charge in [0.15, 0.2) is 0 Å². The molecule has 2 aromatic carbocycles. The molecule has 89 valence electrons. The first kappa shape index (κ1) is 16.5. The minimum atomic E-state index is 0. The van der Waals surface area contributed by atoms with Crippen LogP contribution in [0.4, 0.5) is 0 Å². The van der Waals surface area contributed by atoms with Crippen LogP contribution in [-0.2, 0) is 20.8 Å². The second-order valence-corrected chi connectivity index (χ2v) is 3.82. The monoisotopic (exact) mass is 303 g/mol. The van der Waals surface area contributed by atoms with Crippen LogP contribution in [0.2, 0.25) is 0 Å². The van der Waals surface area contributed by atoms with Crippen molar-refractivity contribution >= 4 is 24.8 Å². The van der Waals surface area contributed by atoms with Crippen LogP contribution in [0, 0.1) is 6.92 Å². The minimum Gasteiger partial charge on any atom is -0.147 e. The first-order chi connectivity index (χ1) is 7.29. The Morgan fingerprint density at radius 3 is 2.06 bits per heavy atom. The summed E-state index contributed by atoms with van der Waals surface area (Å²) in [6, 6.07) is 16.6. The fraction of sp³-hybridized carbons (Fsp3) is 0.0769. The van der Waals surface area contributed by atoms with Crippen molar-refractivity contribution in [2.24, 2.45) is 0 Å². The Labute approximate surface area is 126 Å². The molecule has 0 aliphatic carbocycles. The first-order valence-corrected chi connectivity index (χ1v) is 5.44. The van der Waals surface area contributed by atoms with Crippen molar-refractivity contribution in [1.82, 2.24) is 0 Å². The molecule has 0 atom stereocenters. The minimum absolute atomic E-state index is 0. The molecule has 1 nitrogen and oxygen atoms in total. The summed E-state index contributed by atoms with van der Waals surface area (Å²) in [6.45, 7) is 2.10. The molecule has 0 radical (unpaired) electrons. The van der Waals surface area contributed by atoms with Gasteiger partial charge in [0.1, 0.15) is 0 Å². The summed E-state index contributed by atoms with van der Waals surface area (Å²) < 4.78 is 5.21. The van der Waals surface area contributed by atoms with Gasteiger partial charge in [-0.15, -0.1) is 24.8 Å². The van der Waals surface area contributed by atoms with Crippen LogP contribution in [0.15, 0.2) is 48.5 Å². The third-order valence-corrected chi connectivity index (χ3v) is 2.67. The average Bonchev–Trinajstić information content (AvgIpc) is 2.29. The van der Waals surface area contributed by atoms with Crippen molar-refractivity contribution in [2.75, 3.05) is 0 Å². The van der Waals surface area contributed by atoms with E-state index < -0.39 is 0 Å². The van der Waals surface area contributed by atoms with Crippen LogP contribution in [0.25, 0.3) is 11.1 Å². The van der Waals surface area contributed by atoms with E-state index in [-0.39, 0.29) is 24.8 Å². The molecule has 0 unspecified atom stereocenters. The average molecular weight is 304 g/mol. The van der Waals surface area contributed by atoms with E-state index in [2.05, 4.69) is 43.3 Å². The van der Waals surface area contributed by atoms with E-state index in [1.165, 1.54) is 16.7 Å². The Hall–Kier alpha value is -0.466. The van der Waals surface area contributed by atoms with Crippen LogP contribution < -0.4 is 3.32 Å². The van der Waals surface area contributed by atoms with Crippen LogP contribution in [-0.4, -0.2) is 0 Å². The standard InChI is InChI=1S/C13H12O.2ClH.Ti/c1-10-4-2-5-11(8-10)12-6-3-7-13(14)9-12;;;/h2-9,14H,1H3;2*1H;/q;;;+1/p-1. The summed E-state index contributed by atoms with van der Waals surface area (Å²) in [5, 5.41) is 0. The molecule has 0 aromatic heterocycles. The van der Waals surface area contributed by atoms with Gasteiger partial charge in [0.05, 0.1) is 0 Å². The molecule has 0 saturated heterocycles. The number of hydrogen-bond acceptors (Lipinski definition) is 1. The molecule has 0 aliphatic rings. The molecular weight excluding hydrogens is 291 g/mol. The number of rotatable bonds is 2. The third kappa shape index (κ3) is 4.36. The van der Waals surface area contributed by atoms with E-state index >= 15 is 0 Å². The van der Waals surface area contributed by atoms with Gasteiger partial charge in [-0.05, 0) is 0 Å². The zero-order chi connectivity index (χ0) is 10.7. The summed E-state index contributed by atoms with van der Waals surface area (Å²) in [6.07, 6.45) is 0. The maximum Gasteiger partial charge on any atom is -0.147 e. The van der Waals surface area contributed by atoms with Crippen LogP contribution in [0.5, 0.6) is 5.75 Å². The fourth-order valence-electron chi connectivity index (χ4n) is 1.56. The summed E-state index contributed by atoms with van der Waals surface area (Å²) in [5.41, 5.74) is 3.70. The van der Waals surface area contributed by atoms with Gasteiger partial charge >= 0.3 is 102 Å². The summed E-state index contributed by atoms with van der Waals surface area (Å²) in [7, 11) is 0. The van der Waals surface area contributed by atoms with Gasteiger partial charge < -0.3 is 0 Å². The Bertz CT molecular complexity index is 474. The van der Waals surface area contributed by atoms with Crippen molar-refractivity contribution in [3.8, 4) is 16.9 Å². The van der Waals surface area contributed by atoms with E-state index in [1.807, 2.05) is 12.1 Å². The number of halogens is 2. The maximum atomic E-state index is 5.21. The molecule has 0 bridgehead atoms. The van der Waals surface area contributed by atoms with Gasteiger partial charge in [0, 0.05) is 0 Å². The topological polar surface area (TPSA) is 9.23 Å². The largest absolute Gasteiger partial charge is 0.147 e. The molecule has 2 rings (SSSR count). The molecule has 0 N–H and O–H groups in total. The Kier molecular flexibility index (Phi) is 7.57. The second-order valence-electron chi connectivity index (χ2n) is 3.50. The molecule has 2 aromatic rings. The van der Waals surface area contributed by atoms with Gasteiger partial charge in [-0.3, -0.25) is 0 Å². The molecular formula is C13H13Cl2OTi. The molecule has 0 aliphatic heterocycles. The fourth-order valence-corrected chi connectivity index (χ4v) is 1.76. The van der Waals surface area contributed by atoms with Crippen LogP contribution in [0.3, 0.4) is 0 Å². The van der Waals surface area contributed by atoms with Gasteiger partial charge in [0.2, 0.25) is 0 Å². The third-order valence-electron chi connectivity index (χ3n) is 2.30. The van der Waals surface area contributed by atoms with Gasteiger partial charge in [-0.1, -0.05) is 0 Å². The number of hydrogen-bond donors (Lipinski definition) is 0. The molecule has 0 heterocycles. The zero-order valence-corrected chi connectivity index (χ0v) is 12.5. The van der Waals surface area contributed by atoms with E-state index in [9.17, 15) is 0 Å². The predicted octanol–water partition coefficient (Wildman–Crippen LogP) is 4.35. The molecule has 0 fully saturated rings. The van der Waals surface area contributed by atoms with Crippen molar-refractivity contribution in [2.45, 2.75) is 6.92 Å². The van der Waals surface area contributed by atoms with Crippen molar-refractivity contribution in [3.63, 3.8) is 0 Å². The SMILES string of the molecule is Cc1cccc(-c2cccc([O][Ti])c2)c1.Cl.Cl. The smallest absolute Gasteiger partial charge is 0.147 e.